The standard InChI is InChI=1S/C13H10ClF4N3O4/c1-2-25-11(24)20-12(13(16,17)18)9(22)21(10(23)19-12)6-3-4-8(15)7(14)5-6/h3-5H,2H2,1H3,(H,19,23)(H,20,24)/t12-/m0/s1. The topological polar surface area (TPSA) is 87.7 Å². The average molecular weight is 384 g/mol. The van der Waals surface area contributed by atoms with E-state index in [1.165, 1.54) is 17.6 Å². The molecule has 0 spiro atoms. The maximum absolute atomic E-state index is 13.5. The lowest BCUT2D eigenvalue weighted by atomic mass is 10.1. The highest BCUT2D eigenvalue weighted by molar-refractivity contribution is 6.31. The highest BCUT2D eigenvalue weighted by Crippen LogP contribution is 2.36. The van der Waals surface area contributed by atoms with E-state index in [9.17, 15) is 31.9 Å². The maximum Gasteiger partial charge on any atom is 0.440 e. The molecule has 0 saturated carbocycles. The molecule has 0 radical (unpaired) electrons. The Hall–Kier alpha value is -2.56. The Labute approximate surface area is 142 Å². The number of halogens is 5. The normalized spacial score (nSPS) is 20.5. The lowest BCUT2D eigenvalue weighted by molar-refractivity contribution is -0.197. The number of amides is 4. The van der Waals surface area contributed by atoms with Crippen molar-refractivity contribution in [3.05, 3.63) is 29.0 Å². The van der Waals surface area contributed by atoms with Crippen molar-refractivity contribution in [2.24, 2.45) is 0 Å². The minimum atomic E-state index is -5.38. The predicted molar refractivity (Wildman–Crippen MR) is 76.4 cm³/mol. The third-order valence-electron chi connectivity index (χ3n) is 3.17. The molecule has 1 aromatic rings. The van der Waals surface area contributed by atoms with Gasteiger partial charge in [0.05, 0.1) is 17.3 Å². The van der Waals surface area contributed by atoms with Crippen molar-refractivity contribution in [2.75, 3.05) is 11.5 Å². The molecule has 12 heteroatoms. The number of anilines is 1. The highest BCUT2D eigenvalue weighted by Gasteiger charge is 2.69. The summed E-state index contributed by atoms with van der Waals surface area (Å²) in [6.07, 6.45) is -6.95. The van der Waals surface area contributed by atoms with Crippen LogP contribution in [0.15, 0.2) is 18.2 Å². The first-order chi connectivity index (χ1) is 11.5. The van der Waals surface area contributed by atoms with Gasteiger partial charge in [-0.2, -0.15) is 13.2 Å². The lowest BCUT2D eigenvalue weighted by Gasteiger charge is -2.29. The summed E-state index contributed by atoms with van der Waals surface area (Å²) in [5, 5.41) is 2.20. The molecule has 7 nitrogen and oxygen atoms in total. The molecule has 1 aromatic carbocycles. The first kappa shape index (κ1) is 18.8. The molecule has 136 valence electrons. The van der Waals surface area contributed by atoms with Crippen molar-refractivity contribution in [1.29, 1.82) is 0 Å². The Morgan fingerprint density at radius 1 is 1.40 bits per heavy atom. The number of urea groups is 1. The highest BCUT2D eigenvalue weighted by atomic mass is 35.5. The van der Waals surface area contributed by atoms with Crippen LogP contribution >= 0.6 is 11.6 Å². The SMILES string of the molecule is CCOC(=O)N[C@@]1(C(F)(F)F)NC(=O)N(c2ccc(F)c(Cl)c2)C1=O. The Bertz CT molecular complexity index is 742. The fraction of sp³-hybridized carbons (Fsp3) is 0.308. The number of nitrogens with zero attached hydrogens (tertiary/aromatic N) is 1. The summed E-state index contributed by atoms with van der Waals surface area (Å²) in [5.74, 6) is -2.75. The molecule has 25 heavy (non-hydrogen) atoms. The molecule has 1 saturated heterocycles. The lowest BCUT2D eigenvalue weighted by Crippen LogP contribution is -2.69. The minimum absolute atomic E-state index is 0.0883. The second-order valence-electron chi connectivity index (χ2n) is 4.76. The van der Waals surface area contributed by atoms with Crippen LogP contribution in [0.5, 0.6) is 0 Å². The van der Waals surface area contributed by atoms with Gasteiger partial charge in [-0.15, -0.1) is 0 Å². The summed E-state index contributed by atoms with van der Waals surface area (Å²) in [5.41, 5.74) is -4.14. The van der Waals surface area contributed by atoms with Crippen LogP contribution in [-0.2, 0) is 9.53 Å². The zero-order chi connectivity index (χ0) is 19.0. The molecule has 2 N–H and O–H groups in total. The molecule has 0 aliphatic carbocycles. The molecule has 2 rings (SSSR count). The van der Waals surface area contributed by atoms with Crippen LogP contribution in [0.25, 0.3) is 0 Å². The van der Waals surface area contributed by atoms with E-state index in [1.807, 2.05) is 0 Å². The second kappa shape index (κ2) is 6.39. The van der Waals surface area contributed by atoms with Crippen LogP contribution < -0.4 is 15.5 Å². The van der Waals surface area contributed by atoms with E-state index in [4.69, 9.17) is 11.6 Å². The van der Waals surface area contributed by atoms with E-state index in [2.05, 4.69) is 4.74 Å². The number of nitrogens with one attached hydrogen (secondary N) is 2. The Kier molecular flexibility index (Phi) is 4.80. The fourth-order valence-electron chi connectivity index (χ4n) is 2.06. The number of ether oxygens (including phenoxy) is 1. The zero-order valence-corrected chi connectivity index (χ0v) is 13.2. The third-order valence-corrected chi connectivity index (χ3v) is 3.46. The quantitative estimate of drug-likeness (QED) is 0.620. The summed E-state index contributed by atoms with van der Waals surface area (Å²) < 4.78 is 57.9. The van der Waals surface area contributed by atoms with Gasteiger partial charge >= 0.3 is 18.3 Å². The van der Waals surface area contributed by atoms with Gasteiger partial charge in [0.25, 0.3) is 11.6 Å². The molecule has 1 aliphatic rings. The Morgan fingerprint density at radius 2 is 2.04 bits per heavy atom. The largest absolute Gasteiger partial charge is 0.450 e. The molecule has 0 bridgehead atoms. The van der Waals surface area contributed by atoms with Crippen LogP contribution in [0.2, 0.25) is 5.02 Å². The molecule has 1 aliphatic heterocycles. The summed E-state index contributed by atoms with van der Waals surface area (Å²) in [7, 11) is 0. The van der Waals surface area contributed by atoms with Gasteiger partial charge in [0.2, 0.25) is 0 Å². The molecule has 1 fully saturated rings. The van der Waals surface area contributed by atoms with E-state index in [0.29, 0.717) is 0 Å². The number of benzene rings is 1. The van der Waals surface area contributed by atoms with Gasteiger partial charge in [-0.3, -0.25) is 15.4 Å². The van der Waals surface area contributed by atoms with Crippen molar-refractivity contribution in [3.8, 4) is 0 Å². The van der Waals surface area contributed by atoms with E-state index in [0.717, 1.165) is 18.2 Å². The maximum atomic E-state index is 13.5. The third kappa shape index (κ3) is 3.18. The smallest absolute Gasteiger partial charge is 0.440 e. The van der Waals surface area contributed by atoms with Crippen LogP contribution in [0, 0.1) is 5.82 Å². The number of alkyl carbamates (subject to hydrolysis) is 1. The molecule has 1 atom stereocenters. The second-order valence-corrected chi connectivity index (χ2v) is 5.17. The van der Waals surface area contributed by atoms with E-state index in [1.54, 1.807) is 0 Å². The monoisotopic (exact) mass is 383 g/mol. The average Bonchev–Trinajstić information content (AvgIpc) is 2.74. The van der Waals surface area contributed by atoms with Gasteiger partial charge in [0, 0.05) is 0 Å². The number of carbonyl (C=O) groups is 3. The van der Waals surface area contributed by atoms with Crippen molar-refractivity contribution in [3.63, 3.8) is 0 Å². The number of carbonyl (C=O) groups excluding carboxylic acids is 3. The number of hydrogen-bond donors (Lipinski definition) is 2. The summed E-state index contributed by atoms with van der Waals surface area (Å²) >= 11 is 5.52. The van der Waals surface area contributed by atoms with Crippen LogP contribution in [0.3, 0.4) is 0 Å². The molecule has 4 amide bonds. The van der Waals surface area contributed by atoms with Gasteiger partial charge in [-0.1, -0.05) is 11.6 Å². The minimum Gasteiger partial charge on any atom is -0.450 e. The number of imide groups is 1. The zero-order valence-electron chi connectivity index (χ0n) is 12.4. The van der Waals surface area contributed by atoms with Gasteiger partial charge in [0.1, 0.15) is 5.82 Å². The molecular formula is C13H10ClF4N3O4. The van der Waals surface area contributed by atoms with Crippen LogP contribution in [0.1, 0.15) is 6.92 Å². The fourth-order valence-corrected chi connectivity index (χ4v) is 2.23. The number of alkyl halides is 3. The Morgan fingerprint density at radius 3 is 2.56 bits per heavy atom. The number of hydrogen-bond acceptors (Lipinski definition) is 4. The van der Waals surface area contributed by atoms with Gasteiger partial charge in [-0.05, 0) is 25.1 Å². The van der Waals surface area contributed by atoms with Crippen molar-refractivity contribution >= 4 is 35.3 Å². The number of rotatable bonds is 3. The molecular weight excluding hydrogens is 374 g/mol. The van der Waals surface area contributed by atoms with E-state index < -0.39 is 46.4 Å². The Balaban J connectivity index is 2.47. The summed E-state index contributed by atoms with van der Waals surface area (Å²) in [4.78, 5) is 35.8. The van der Waals surface area contributed by atoms with Gasteiger partial charge in [-0.25, -0.2) is 18.9 Å². The molecule has 0 unspecified atom stereocenters. The van der Waals surface area contributed by atoms with Gasteiger partial charge < -0.3 is 4.74 Å². The molecule has 1 heterocycles. The van der Waals surface area contributed by atoms with E-state index in [-0.39, 0.29) is 11.5 Å². The van der Waals surface area contributed by atoms with Crippen LogP contribution in [-0.4, -0.2) is 36.5 Å². The first-order valence-electron chi connectivity index (χ1n) is 6.67. The summed E-state index contributed by atoms with van der Waals surface area (Å²) in [6.45, 7) is 1.07. The van der Waals surface area contributed by atoms with Crippen molar-refractivity contribution in [2.45, 2.75) is 18.8 Å². The van der Waals surface area contributed by atoms with Crippen molar-refractivity contribution in [1.82, 2.24) is 10.6 Å². The first-order valence-corrected chi connectivity index (χ1v) is 7.04. The van der Waals surface area contributed by atoms with Crippen LogP contribution in [0.4, 0.5) is 32.8 Å². The van der Waals surface area contributed by atoms with Crippen molar-refractivity contribution < 1.29 is 36.7 Å². The predicted octanol–water partition coefficient (Wildman–Crippen LogP) is 2.54. The molecule has 0 aromatic heterocycles. The summed E-state index contributed by atoms with van der Waals surface area (Å²) in [6, 6.07) is 0.965. The van der Waals surface area contributed by atoms with Gasteiger partial charge in [0.15, 0.2) is 0 Å². The van der Waals surface area contributed by atoms with E-state index >= 15 is 0 Å².